The third-order valence-corrected chi connectivity index (χ3v) is 5.07. The summed E-state index contributed by atoms with van der Waals surface area (Å²) in [6, 6.07) is 4.75. The van der Waals surface area contributed by atoms with Crippen molar-refractivity contribution < 1.29 is 9.15 Å². The zero-order valence-electron chi connectivity index (χ0n) is 14.3. The van der Waals surface area contributed by atoms with Crippen molar-refractivity contribution >= 4 is 5.96 Å². The number of hydrogen-bond acceptors (Lipinski definition) is 3. The van der Waals surface area contributed by atoms with Crippen LogP contribution < -0.4 is 10.6 Å². The zero-order valence-corrected chi connectivity index (χ0v) is 14.3. The third-order valence-electron chi connectivity index (χ3n) is 5.07. The minimum Gasteiger partial charge on any atom is -0.469 e. The highest BCUT2D eigenvalue weighted by Crippen LogP contribution is 2.44. The van der Waals surface area contributed by atoms with E-state index in [-0.39, 0.29) is 6.04 Å². The third kappa shape index (κ3) is 4.50. The van der Waals surface area contributed by atoms with Gasteiger partial charge in [-0.25, -0.2) is 0 Å². The number of guanidine groups is 1. The summed E-state index contributed by atoms with van der Waals surface area (Å²) in [4.78, 5) is 4.75. The Labute approximate surface area is 138 Å². The first-order valence-corrected chi connectivity index (χ1v) is 8.83. The molecule has 128 valence electrons. The summed E-state index contributed by atoms with van der Waals surface area (Å²) >= 11 is 0. The minimum absolute atomic E-state index is 0.244. The molecule has 2 N–H and O–H groups in total. The number of aliphatic imine (C=N–C) groups is 1. The first kappa shape index (κ1) is 16.4. The summed E-state index contributed by atoms with van der Waals surface area (Å²) in [6.45, 7) is 3.52. The van der Waals surface area contributed by atoms with E-state index in [0.29, 0.717) is 12.6 Å². The van der Waals surface area contributed by atoms with E-state index in [1.54, 1.807) is 13.4 Å². The Bertz CT molecular complexity index is 500. The van der Waals surface area contributed by atoms with Crippen LogP contribution in [-0.2, 0) is 11.2 Å². The van der Waals surface area contributed by atoms with Gasteiger partial charge in [0.05, 0.1) is 12.9 Å². The molecule has 0 aromatic carbocycles. The molecule has 23 heavy (non-hydrogen) atoms. The lowest BCUT2D eigenvalue weighted by Crippen LogP contribution is -2.49. The maximum Gasteiger partial charge on any atom is 0.191 e. The highest BCUT2D eigenvalue weighted by atomic mass is 16.5. The van der Waals surface area contributed by atoms with Crippen LogP contribution in [0.1, 0.15) is 38.4 Å². The van der Waals surface area contributed by atoms with Crippen LogP contribution in [0, 0.1) is 11.8 Å². The Balaban J connectivity index is 1.56. The van der Waals surface area contributed by atoms with Crippen molar-refractivity contribution in [1.82, 2.24) is 10.6 Å². The molecule has 2 aliphatic rings. The van der Waals surface area contributed by atoms with Crippen LogP contribution in [0.2, 0.25) is 0 Å². The van der Waals surface area contributed by atoms with Gasteiger partial charge in [0, 0.05) is 32.2 Å². The van der Waals surface area contributed by atoms with E-state index in [2.05, 4.69) is 17.6 Å². The van der Waals surface area contributed by atoms with E-state index >= 15 is 0 Å². The standard InChI is InChI=1S/C18H29N3O2/c1-13(12-22-2)20-18(19-8-7-16-4-3-9-23-16)21-17-11-14-5-6-15(17)10-14/h3-4,9,13-15,17H,5-8,10-12H2,1-2H3,(H2,19,20,21). The molecule has 4 unspecified atom stereocenters. The van der Waals surface area contributed by atoms with Crippen molar-refractivity contribution in [1.29, 1.82) is 0 Å². The second-order valence-electron chi connectivity index (χ2n) is 6.99. The van der Waals surface area contributed by atoms with Gasteiger partial charge in [-0.2, -0.15) is 0 Å². The molecular formula is C18H29N3O2. The van der Waals surface area contributed by atoms with Crippen LogP contribution in [0.3, 0.4) is 0 Å². The summed E-state index contributed by atoms with van der Waals surface area (Å²) in [5, 5.41) is 7.14. The van der Waals surface area contributed by atoms with Gasteiger partial charge in [0.15, 0.2) is 5.96 Å². The minimum atomic E-state index is 0.244. The first-order chi connectivity index (χ1) is 11.2. The lowest BCUT2D eigenvalue weighted by Gasteiger charge is -2.26. The summed E-state index contributed by atoms with van der Waals surface area (Å²) in [5.74, 6) is 3.66. The molecule has 0 amide bonds. The second kappa shape index (κ2) is 7.86. The topological polar surface area (TPSA) is 58.8 Å². The molecule has 1 heterocycles. The molecule has 1 aromatic rings. The molecule has 0 radical (unpaired) electrons. The average Bonchev–Trinajstić information content (AvgIpc) is 3.24. The average molecular weight is 319 g/mol. The monoisotopic (exact) mass is 319 g/mol. The van der Waals surface area contributed by atoms with Crippen molar-refractivity contribution in [3.8, 4) is 0 Å². The van der Waals surface area contributed by atoms with Crippen LogP contribution in [0.5, 0.6) is 0 Å². The van der Waals surface area contributed by atoms with Crippen molar-refractivity contribution in [3.63, 3.8) is 0 Å². The van der Waals surface area contributed by atoms with Gasteiger partial charge in [-0.05, 0) is 50.2 Å². The molecule has 3 rings (SSSR count). The normalized spacial score (nSPS) is 28.1. The molecule has 0 spiro atoms. The van der Waals surface area contributed by atoms with E-state index < -0.39 is 0 Å². The fourth-order valence-corrected chi connectivity index (χ4v) is 3.99. The van der Waals surface area contributed by atoms with Crippen molar-refractivity contribution in [2.24, 2.45) is 16.8 Å². The molecule has 2 aliphatic carbocycles. The second-order valence-corrected chi connectivity index (χ2v) is 6.99. The smallest absolute Gasteiger partial charge is 0.191 e. The highest BCUT2D eigenvalue weighted by molar-refractivity contribution is 5.80. The lowest BCUT2D eigenvalue weighted by atomic mass is 9.95. The Morgan fingerprint density at radius 1 is 1.43 bits per heavy atom. The predicted molar refractivity (Wildman–Crippen MR) is 91.6 cm³/mol. The highest BCUT2D eigenvalue weighted by Gasteiger charge is 2.39. The van der Waals surface area contributed by atoms with E-state index in [1.807, 2.05) is 12.1 Å². The maximum absolute atomic E-state index is 5.38. The van der Waals surface area contributed by atoms with Crippen LogP contribution in [0.25, 0.3) is 0 Å². The van der Waals surface area contributed by atoms with Crippen LogP contribution in [-0.4, -0.2) is 38.3 Å². The molecule has 0 aliphatic heterocycles. The molecule has 4 atom stereocenters. The van der Waals surface area contributed by atoms with Gasteiger partial charge in [-0.1, -0.05) is 6.42 Å². The number of methoxy groups -OCH3 is 1. The lowest BCUT2D eigenvalue weighted by molar-refractivity contribution is 0.178. The number of fused-ring (bicyclic) bond motifs is 2. The zero-order chi connectivity index (χ0) is 16.1. The molecule has 2 saturated carbocycles. The first-order valence-electron chi connectivity index (χ1n) is 8.83. The molecular weight excluding hydrogens is 290 g/mol. The molecule has 2 bridgehead atoms. The molecule has 2 fully saturated rings. The molecule has 5 nitrogen and oxygen atoms in total. The van der Waals surface area contributed by atoms with Crippen molar-refractivity contribution in [3.05, 3.63) is 24.2 Å². The van der Waals surface area contributed by atoms with E-state index in [1.165, 1.54) is 25.7 Å². The number of nitrogens with one attached hydrogen (secondary N) is 2. The van der Waals surface area contributed by atoms with Gasteiger partial charge in [0.25, 0.3) is 0 Å². The van der Waals surface area contributed by atoms with Gasteiger partial charge in [0.1, 0.15) is 5.76 Å². The number of furan rings is 1. The summed E-state index contributed by atoms with van der Waals surface area (Å²) < 4.78 is 10.6. The maximum atomic E-state index is 5.38. The van der Waals surface area contributed by atoms with Gasteiger partial charge >= 0.3 is 0 Å². The summed E-state index contributed by atoms with van der Waals surface area (Å²) in [6.07, 6.45) is 8.02. The number of rotatable bonds is 7. The van der Waals surface area contributed by atoms with Crippen LogP contribution in [0.4, 0.5) is 0 Å². The number of ether oxygens (including phenoxy) is 1. The van der Waals surface area contributed by atoms with Crippen molar-refractivity contribution in [2.75, 3.05) is 20.3 Å². The Hall–Kier alpha value is -1.49. The Kier molecular flexibility index (Phi) is 5.60. The van der Waals surface area contributed by atoms with E-state index in [4.69, 9.17) is 14.1 Å². The molecule has 1 aromatic heterocycles. The predicted octanol–water partition coefficient (Wildman–Crippen LogP) is 2.58. The molecule has 0 saturated heterocycles. The Morgan fingerprint density at radius 3 is 3.00 bits per heavy atom. The van der Waals surface area contributed by atoms with Gasteiger partial charge < -0.3 is 19.8 Å². The van der Waals surface area contributed by atoms with Gasteiger partial charge in [-0.15, -0.1) is 0 Å². The van der Waals surface area contributed by atoms with Crippen LogP contribution in [0.15, 0.2) is 27.8 Å². The number of nitrogens with zero attached hydrogens (tertiary/aromatic N) is 1. The fourth-order valence-electron chi connectivity index (χ4n) is 3.99. The number of hydrogen-bond donors (Lipinski definition) is 2. The molecule has 5 heteroatoms. The van der Waals surface area contributed by atoms with Crippen LogP contribution >= 0.6 is 0 Å². The summed E-state index contributed by atoms with van der Waals surface area (Å²) in [5.41, 5.74) is 0. The van der Waals surface area contributed by atoms with Crippen molar-refractivity contribution in [2.45, 2.75) is 51.1 Å². The quantitative estimate of drug-likeness (QED) is 0.599. The Morgan fingerprint density at radius 2 is 2.35 bits per heavy atom. The van der Waals surface area contributed by atoms with Gasteiger partial charge in [0.2, 0.25) is 0 Å². The van der Waals surface area contributed by atoms with E-state index in [9.17, 15) is 0 Å². The summed E-state index contributed by atoms with van der Waals surface area (Å²) in [7, 11) is 1.73. The van der Waals surface area contributed by atoms with Gasteiger partial charge in [-0.3, -0.25) is 4.99 Å². The van der Waals surface area contributed by atoms with E-state index in [0.717, 1.165) is 36.5 Å². The SMILES string of the molecule is COCC(C)NC(=NCCc1ccco1)NC1CC2CCC1C2. The fraction of sp³-hybridized carbons (Fsp3) is 0.722. The largest absolute Gasteiger partial charge is 0.469 e.